The Morgan fingerprint density at radius 3 is 3.08 bits per heavy atom. The highest BCUT2D eigenvalue weighted by Gasteiger charge is 2.17. The molecule has 2 rings (SSSR count). The number of hydrogen-bond donors (Lipinski definition) is 2. The predicted molar refractivity (Wildman–Crippen MR) is 47.8 cm³/mol. The average Bonchev–Trinajstić information content (AvgIpc) is 2.18. The van der Waals surface area contributed by atoms with Crippen molar-refractivity contribution >= 4 is 11.4 Å². The summed E-state index contributed by atoms with van der Waals surface area (Å²) in [6.07, 6.45) is 0.618. The average molecular weight is 180 g/mol. The Labute approximate surface area is 74.9 Å². The van der Waals surface area contributed by atoms with Crippen LogP contribution in [0.25, 0.3) is 0 Å². The van der Waals surface area contributed by atoms with Crippen LogP contribution in [0.3, 0.4) is 0 Å². The van der Waals surface area contributed by atoms with Gasteiger partial charge in [0.25, 0.3) is 0 Å². The van der Waals surface area contributed by atoms with Gasteiger partial charge in [-0.3, -0.25) is 0 Å². The number of hydrogen-bond acceptors (Lipinski definition) is 3. The molecule has 0 unspecified atom stereocenters. The topological polar surface area (TPSA) is 44.6 Å². The smallest absolute Gasteiger partial charge is 0.146 e. The van der Waals surface area contributed by atoms with Crippen molar-refractivity contribution in [2.75, 3.05) is 11.9 Å². The molecule has 0 saturated heterocycles. The fourth-order valence-corrected chi connectivity index (χ4v) is 1.49. The second kappa shape index (κ2) is 3.05. The highest BCUT2D eigenvalue weighted by atomic mass is 19.1. The van der Waals surface area contributed by atoms with Crippen LogP contribution in [0, 0.1) is 5.82 Å². The number of halogens is 1. The van der Waals surface area contributed by atoms with E-state index in [0.29, 0.717) is 29.9 Å². The van der Waals surface area contributed by atoms with Crippen molar-refractivity contribution in [1.29, 1.82) is 0 Å². The Morgan fingerprint density at radius 2 is 2.31 bits per heavy atom. The van der Waals surface area contributed by atoms with Crippen LogP contribution in [0.4, 0.5) is 10.1 Å². The minimum atomic E-state index is -0.307. The highest BCUT2D eigenvalue weighted by Crippen LogP contribution is 2.24. The Hall–Kier alpha value is -1.58. The quantitative estimate of drug-likeness (QED) is 0.472. The van der Waals surface area contributed by atoms with E-state index in [0.717, 1.165) is 0 Å². The SMILES string of the molecule is O/N=C1\CCNc2c(F)cccc21. The van der Waals surface area contributed by atoms with Crippen molar-refractivity contribution in [1.82, 2.24) is 0 Å². The van der Waals surface area contributed by atoms with Crippen LogP contribution in [-0.4, -0.2) is 17.5 Å². The van der Waals surface area contributed by atoms with Crippen molar-refractivity contribution in [2.45, 2.75) is 6.42 Å². The molecule has 0 radical (unpaired) electrons. The van der Waals surface area contributed by atoms with Crippen molar-refractivity contribution in [3.8, 4) is 0 Å². The van der Waals surface area contributed by atoms with Crippen molar-refractivity contribution in [3.63, 3.8) is 0 Å². The van der Waals surface area contributed by atoms with Gasteiger partial charge in [-0.25, -0.2) is 4.39 Å². The Balaban J connectivity index is 2.58. The summed E-state index contributed by atoms with van der Waals surface area (Å²) < 4.78 is 13.2. The first-order valence-corrected chi connectivity index (χ1v) is 4.06. The van der Waals surface area contributed by atoms with Gasteiger partial charge >= 0.3 is 0 Å². The zero-order valence-electron chi connectivity index (χ0n) is 6.92. The lowest BCUT2D eigenvalue weighted by Crippen LogP contribution is -2.19. The molecule has 1 heterocycles. The number of rotatable bonds is 0. The van der Waals surface area contributed by atoms with E-state index < -0.39 is 0 Å². The maximum atomic E-state index is 13.2. The molecule has 0 bridgehead atoms. The Kier molecular flexibility index (Phi) is 1.88. The number of anilines is 1. The van der Waals surface area contributed by atoms with Gasteiger partial charge in [0.2, 0.25) is 0 Å². The van der Waals surface area contributed by atoms with Gasteiger partial charge < -0.3 is 10.5 Å². The lowest BCUT2D eigenvalue weighted by molar-refractivity contribution is 0.318. The van der Waals surface area contributed by atoms with Gasteiger partial charge in [-0.1, -0.05) is 17.3 Å². The highest BCUT2D eigenvalue weighted by molar-refractivity contribution is 6.06. The van der Waals surface area contributed by atoms with Crippen molar-refractivity contribution in [2.24, 2.45) is 5.16 Å². The van der Waals surface area contributed by atoms with Crippen LogP contribution in [-0.2, 0) is 0 Å². The zero-order valence-corrected chi connectivity index (χ0v) is 6.92. The number of benzene rings is 1. The van der Waals surface area contributed by atoms with E-state index in [1.165, 1.54) is 6.07 Å². The first-order chi connectivity index (χ1) is 6.33. The molecule has 2 N–H and O–H groups in total. The molecule has 68 valence electrons. The van der Waals surface area contributed by atoms with Crippen molar-refractivity contribution < 1.29 is 9.60 Å². The zero-order chi connectivity index (χ0) is 9.26. The van der Waals surface area contributed by atoms with E-state index in [2.05, 4.69) is 10.5 Å². The van der Waals surface area contributed by atoms with E-state index >= 15 is 0 Å². The molecule has 0 aliphatic carbocycles. The number of para-hydroxylation sites is 1. The molecule has 0 aromatic heterocycles. The third kappa shape index (κ3) is 1.24. The van der Waals surface area contributed by atoms with Gasteiger partial charge in [0.1, 0.15) is 5.82 Å². The van der Waals surface area contributed by atoms with Crippen LogP contribution in [0.15, 0.2) is 23.4 Å². The van der Waals surface area contributed by atoms with Crippen LogP contribution >= 0.6 is 0 Å². The lowest BCUT2D eigenvalue weighted by atomic mass is 10.0. The predicted octanol–water partition coefficient (Wildman–Crippen LogP) is 1.82. The largest absolute Gasteiger partial charge is 0.411 e. The van der Waals surface area contributed by atoms with E-state index in [4.69, 9.17) is 5.21 Å². The molecule has 4 heteroatoms. The molecule has 0 spiro atoms. The van der Waals surface area contributed by atoms with Crippen molar-refractivity contribution in [3.05, 3.63) is 29.6 Å². The summed E-state index contributed by atoms with van der Waals surface area (Å²) in [7, 11) is 0. The molecule has 3 nitrogen and oxygen atoms in total. The van der Waals surface area contributed by atoms with Gasteiger partial charge in [0, 0.05) is 18.5 Å². The molecule has 0 fully saturated rings. The van der Waals surface area contributed by atoms with Gasteiger partial charge in [0.15, 0.2) is 0 Å². The van der Waals surface area contributed by atoms with E-state index in [9.17, 15) is 4.39 Å². The lowest BCUT2D eigenvalue weighted by Gasteiger charge is -2.18. The van der Waals surface area contributed by atoms with E-state index in [-0.39, 0.29) is 5.82 Å². The summed E-state index contributed by atoms with van der Waals surface area (Å²) in [6, 6.07) is 4.72. The second-order valence-corrected chi connectivity index (χ2v) is 2.89. The number of nitrogens with one attached hydrogen (secondary N) is 1. The molecule has 1 aliphatic heterocycles. The minimum absolute atomic E-state index is 0.307. The fraction of sp³-hybridized carbons (Fsp3) is 0.222. The molecule has 13 heavy (non-hydrogen) atoms. The van der Waals surface area contributed by atoms with Gasteiger partial charge in [-0.05, 0) is 6.07 Å². The third-order valence-electron chi connectivity index (χ3n) is 2.11. The van der Waals surface area contributed by atoms with Crippen LogP contribution in [0.1, 0.15) is 12.0 Å². The molecule has 0 atom stereocenters. The van der Waals surface area contributed by atoms with E-state index in [1.807, 2.05) is 0 Å². The van der Waals surface area contributed by atoms with Gasteiger partial charge in [-0.15, -0.1) is 0 Å². The number of oxime groups is 1. The van der Waals surface area contributed by atoms with Gasteiger partial charge in [0.05, 0.1) is 11.4 Å². The first-order valence-electron chi connectivity index (χ1n) is 4.06. The maximum absolute atomic E-state index is 13.2. The summed E-state index contributed by atoms with van der Waals surface area (Å²) in [4.78, 5) is 0. The molecular weight excluding hydrogens is 171 g/mol. The Bertz CT molecular complexity index is 363. The van der Waals surface area contributed by atoms with Crippen LogP contribution in [0.5, 0.6) is 0 Å². The minimum Gasteiger partial charge on any atom is -0.411 e. The number of fused-ring (bicyclic) bond motifs is 1. The summed E-state index contributed by atoms with van der Waals surface area (Å²) in [6.45, 7) is 0.604. The van der Waals surface area contributed by atoms with E-state index in [1.54, 1.807) is 12.1 Å². The monoisotopic (exact) mass is 180 g/mol. The molecule has 1 aromatic carbocycles. The summed E-state index contributed by atoms with van der Waals surface area (Å²) in [5.41, 5.74) is 1.61. The second-order valence-electron chi connectivity index (χ2n) is 2.89. The fourth-order valence-electron chi connectivity index (χ4n) is 1.49. The summed E-state index contributed by atoms with van der Waals surface area (Å²) in [5, 5.41) is 14.7. The van der Waals surface area contributed by atoms with Gasteiger partial charge in [-0.2, -0.15) is 0 Å². The molecular formula is C9H9FN2O. The molecule has 0 amide bonds. The molecule has 1 aliphatic rings. The Morgan fingerprint density at radius 1 is 1.46 bits per heavy atom. The third-order valence-corrected chi connectivity index (χ3v) is 2.11. The molecule has 1 aromatic rings. The number of nitrogens with zero attached hydrogens (tertiary/aromatic N) is 1. The maximum Gasteiger partial charge on any atom is 0.146 e. The standard InChI is InChI=1S/C9H9FN2O/c10-7-3-1-2-6-8(12-13)4-5-11-9(6)7/h1-3,11,13H,4-5H2/b12-8+. The van der Waals surface area contributed by atoms with Crippen LogP contribution in [0.2, 0.25) is 0 Å². The normalized spacial score (nSPS) is 18.1. The first kappa shape index (κ1) is 8.04. The summed E-state index contributed by atoms with van der Waals surface area (Å²) >= 11 is 0. The molecule has 0 saturated carbocycles. The van der Waals surface area contributed by atoms with Crippen LogP contribution < -0.4 is 5.32 Å². The summed E-state index contributed by atoms with van der Waals surface area (Å²) in [5.74, 6) is -0.307.